The Morgan fingerprint density at radius 1 is 1.28 bits per heavy atom. The fourth-order valence-corrected chi connectivity index (χ4v) is 4.09. The second-order valence-corrected chi connectivity index (χ2v) is 7.82. The van der Waals surface area contributed by atoms with Gasteiger partial charge in [0.05, 0.1) is 10.7 Å². The zero-order chi connectivity index (χ0) is 18.1. The van der Waals surface area contributed by atoms with E-state index >= 15 is 0 Å². The van der Waals surface area contributed by atoms with Gasteiger partial charge < -0.3 is 15.5 Å². The molecule has 2 aliphatic rings. The van der Waals surface area contributed by atoms with Gasteiger partial charge in [-0.1, -0.05) is 23.2 Å². The Hall–Kier alpha value is -1.30. The number of likely N-dealkylation sites (tertiary alicyclic amines) is 1. The van der Waals surface area contributed by atoms with E-state index in [-0.39, 0.29) is 17.9 Å². The lowest BCUT2D eigenvalue weighted by Crippen LogP contribution is -2.48. The van der Waals surface area contributed by atoms with E-state index in [2.05, 4.69) is 0 Å². The molecule has 3 atom stereocenters. The molecule has 5 nitrogen and oxygen atoms in total. The third-order valence-corrected chi connectivity index (χ3v) is 5.77. The molecule has 1 aromatic carbocycles. The fourth-order valence-electron chi connectivity index (χ4n) is 3.70. The number of piperidine rings is 1. The second kappa shape index (κ2) is 7.52. The number of amides is 2. The topological polar surface area (TPSA) is 66.6 Å². The van der Waals surface area contributed by atoms with Crippen LogP contribution in [-0.2, 0) is 9.59 Å². The lowest BCUT2D eigenvalue weighted by molar-refractivity contribution is -0.141. The maximum absolute atomic E-state index is 12.9. The minimum Gasteiger partial charge on any atom is -0.342 e. The number of carbonyl (C=O) groups excluding carboxylic acids is 2. The first-order valence-electron chi connectivity index (χ1n) is 8.69. The van der Waals surface area contributed by atoms with Crippen LogP contribution >= 0.6 is 23.2 Å². The van der Waals surface area contributed by atoms with Gasteiger partial charge in [0.2, 0.25) is 11.8 Å². The molecule has 0 bridgehead atoms. The lowest BCUT2D eigenvalue weighted by atomic mass is 9.91. The Bertz CT molecular complexity index is 680. The van der Waals surface area contributed by atoms with E-state index in [0.717, 1.165) is 12.8 Å². The SMILES string of the molecule is C[C@H](N)[C@@H]1CCCN(C(=O)[C@@H]2CCN(c3cc(Cl)ccc3Cl)C2=O)C1. The van der Waals surface area contributed by atoms with Gasteiger partial charge >= 0.3 is 0 Å². The third kappa shape index (κ3) is 3.78. The molecular formula is C18H23Cl2N3O2. The van der Waals surface area contributed by atoms with Crippen LogP contribution in [0.1, 0.15) is 26.2 Å². The average Bonchev–Trinajstić information content (AvgIpc) is 2.98. The standard InChI is InChI=1S/C18H23Cl2N3O2/c1-11(21)12-3-2-7-22(10-12)17(24)14-6-8-23(18(14)25)16-9-13(19)4-5-15(16)20/h4-5,9,11-12,14H,2-3,6-8,10,21H2,1H3/t11-,12+,14-/m0/s1. The molecule has 0 aromatic heterocycles. The number of benzene rings is 1. The van der Waals surface area contributed by atoms with Crippen LogP contribution in [0.3, 0.4) is 0 Å². The van der Waals surface area contributed by atoms with Crippen LogP contribution in [0.5, 0.6) is 0 Å². The van der Waals surface area contributed by atoms with Gasteiger partial charge in [-0.2, -0.15) is 0 Å². The largest absolute Gasteiger partial charge is 0.342 e. The van der Waals surface area contributed by atoms with Crippen molar-refractivity contribution in [3.63, 3.8) is 0 Å². The normalized spacial score (nSPS) is 25.4. The first kappa shape index (κ1) is 18.5. The van der Waals surface area contributed by atoms with Crippen molar-refractivity contribution in [2.24, 2.45) is 17.6 Å². The third-order valence-electron chi connectivity index (χ3n) is 5.22. The molecule has 25 heavy (non-hydrogen) atoms. The molecule has 2 aliphatic heterocycles. The molecule has 0 saturated carbocycles. The summed E-state index contributed by atoms with van der Waals surface area (Å²) >= 11 is 12.2. The number of halogens is 2. The second-order valence-electron chi connectivity index (χ2n) is 6.97. The van der Waals surface area contributed by atoms with Crippen molar-refractivity contribution in [3.05, 3.63) is 28.2 Å². The van der Waals surface area contributed by atoms with Crippen molar-refractivity contribution >= 4 is 40.7 Å². The molecule has 2 amide bonds. The molecule has 2 N–H and O–H groups in total. The number of hydrogen-bond donors (Lipinski definition) is 1. The van der Waals surface area contributed by atoms with Gasteiger partial charge in [-0.25, -0.2) is 0 Å². The Morgan fingerprint density at radius 3 is 2.76 bits per heavy atom. The van der Waals surface area contributed by atoms with E-state index in [1.165, 1.54) is 0 Å². The Labute approximate surface area is 158 Å². The summed E-state index contributed by atoms with van der Waals surface area (Å²) in [6.45, 7) is 3.78. The molecule has 2 saturated heterocycles. The molecule has 0 unspecified atom stereocenters. The Balaban J connectivity index is 1.73. The average molecular weight is 384 g/mol. The van der Waals surface area contributed by atoms with E-state index in [4.69, 9.17) is 28.9 Å². The molecule has 3 rings (SSSR count). The highest BCUT2D eigenvalue weighted by molar-refractivity contribution is 6.36. The quantitative estimate of drug-likeness (QED) is 0.815. The Kier molecular flexibility index (Phi) is 5.56. The summed E-state index contributed by atoms with van der Waals surface area (Å²) in [5, 5.41) is 0.971. The summed E-state index contributed by atoms with van der Waals surface area (Å²) in [6.07, 6.45) is 2.47. The molecule has 2 fully saturated rings. The van der Waals surface area contributed by atoms with Crippen molar-refractivity contribution in [1.29, 1.82) is 0 Å². The van der Waals surface area contributed by atoms with Gasteiger partial charge in [0.1, 0.15) is 5.92 Å². The van der Waals surface area contributed by atoms with Gasteiger partial charge in [-0.15, -0.1) is 0 Å². The monoisotopic (exact) mass is 383 g/mol. The van der Waals surface area contributed by atoms with Gasteiger partial charge in [0.15, 0.2) is 0 Å². The van der Waals surface area contributed by atoms with Gasteiger partial charge in [0, 0.05) is 30.7 Å². The van der Waals surface area contributed by atoms with Crippen LogP contribution < -0.4 is 10.6 Å². The first-order chi connectivity index (χ1) is 11.9. The van der Waals surface area contributed by atoms with Crippen LogP contribution in [0.25, 0.3) is 0 Å². The number of hydrogen-bond acceptors (Lipinski definition) is 3. The van der Waals surface area contributed by atoms with E-state index in [1.54, 1.807) is 23.1 Å². The minimum atomic E-state index is -0.637. The summed E-state index contributed by atoms with van der Waals surface area (Å²) in [5.74, 6) is -0.623. The maximum atomic E-state index is 12.9. The summed E-state index contributed by atoms with van der Waals surface area (Å²) in [4.78, 5) is 29.1. The van der Waals surface area contributed by atoms with Crippen molar-refractivity contribution in [2.75, 3.05) is 24.5 Å². The highest BCUT2D eigenvalue weighted by Crippen LogP contribution is 2.34. The molecule has 1 aromatic rings. The van der Waals surface area contributed by atoms with Gasteiger partial charge in [0.25, 0.3) is 0 Å². The van der Waals surface area contributed by atoms with Crippen molar-refractivity contribution in [3.8, 4) is 0 Å². The minimum absolute atomic E-state index is 0.0524. The highest BCUT2D eigenvalue weighted by Gasteiger charge is 2.41. The smallest absolute Gasteiger partial charge is 0.239 e. The summed E-state index contributed by atoms with van der Waals surface area (Å²) < 4.78 is 0. The highest BCUT2D eigenvalue weighted by atomic mass is 35.5. The van der Waals surface area contributed by atoms with Gasteiger partial charge in [-0.05, 0) is 50.3 Å². The molecule has 2 heterocycles. The number of nitrogens with two attached hydrogens (primary N) is 1. The predicted octanol–water partition coefficient (Wildman–Crippen LogP) is 2.93. The van der Waals surface area contributed by atoms with Crippen LogP contribution in [0, 0.1) is 11.8 Å². The first-order valence-corrected chi connectivity index (χ1v) is 9.45. The number of rotatable bonds is 3. The van der Waals surface area contributed by atoms with Crippen LogP contribution in [0.15, 0.2) is 18.2 Å². The van der Waals surface area contributed by atoms with Crippen molar-refractivity contribution in [2.45, 2.75) is 32.2 Å². The molecular weight excluding hydrogens is 361 g/mol. The number of anilines is 1. The number of nitrogens with zero attached hydrogens (tertiary/aromatic N) is 2. The van der Waals surface area contributed by atoms with E-state index in [1.807, 2.05) is 11.8 Å². The van der Waals surface area contributed by atoms with Crippen LogP contribution in [0.4, 0.5) is 5.69 Å². The lowest BCUT2D eigenvalue weighted by Gasteiger charge is -2.35. The molecule has 136 valence electrons. The summed E-state index contributed by atoms with van der Waals surface area (Å²) in [7, 11) is 0. The Morgan fingerprint density at radius 2 is 2.04 bits per heavy atom. The van der Waals surface area contributed by atoms with E-state index in [9.17, 15) is 9.59 Å². The van der Waals surface area contributed by atoms with Crippen molar-refractivity contribution < 1.29 is 9.59 Å². The van der Waals surface area contributed by atoms with Gasteiger partial charge in [-0.3, -0.25) is 9.59 Å². The summed E-state index contributed by atoms with van der Waals surface area (Å²) in [5.41, 5.74) is 6.57. The van der Waals surface area contributed by atoms with Crippen molar-refractivity contribution in [1.82, 2.24) is 4.90 Å². The summed E-state index contributed by atoms with van der Waals surface area (Å²) in [6, 6.07) is 5.07. The molecule has 0 radical (unpaired) electrons. The maximum Gasteiger partial charge on any atom is 0.239 e. The van der Waals surface area contributed by atoms with Crippen LogP contribution in [0.2, 0.25) is 10.0 Å². The fraction of sp³-hybridized carbons (Fsp3) is 0.556. The zero-order valence-corrected chi connectivity index (χ0v) is 15.8. The molecule has 0 aliphatic carbocycles. The zero-order valence-electron chi connectivity index (χ0n) is 14.3. The molecule has 0 spiro atoms. The molecule has 7 heteroatoms. The predicted molar refractivity (Wildman–Crippen MR) is 99.9 cm³/mol. The van der Waals surface area contributed by atoms with Crippen LogP contribution in [-0.4, -0.2) is 42.4 Å². The van der Waals surface area contributed by atoms with E-state index < -0.39 is 5.92 Å². The number of carbonyl (C=O) groups is 2. The van der Waals surface area contributed by atoms with E-state index in [0.29, 0.717) is 47.7 Å².